The van der Waals surface area contributed by atoms with Gasteiger partial charge in [-0.1, -0.05) is 0 Å². The number of imidazole rings is 1. The molecule has 0 bridgehead atoms. The first-order valence-electron chi connectivity index (χ1n) is 5.85. The maximum absolute atomic E-state index is 5.91. The zero-order valence-corrected chi connectivity index (χ0v) is 10.2. The van der Waals surface area contributed by atoms with Crippen LogP contribution in [0.1, 0.15) is 35.4 Å². The van der Waals surface area contributed by atoms with Gasteiger partial charge in [-0.2, -0.15) is 0 Å². The zero-order valence-electron chi connectivity index (χ0n) is 9.46. The molecule has 1 aliphatic rings. The summed E-state index contributed by atoms with van der Waals surface area (Å²) in [6.45, 7) is 2.09. The Kier molecular flexibility index (Phi) is 2.40. The molecule has 2 heterocycles. The number of halogens is 1. The molecule has 0 N–H and O–H groups in total. The molecule has 1 aliphatic carbocycles. The van der Waals surface area contributed by atoms with Crippen molar-refractivity contribution in [3.05, 3.63) is 34.8 Å². The van der Waals surface area contributed by atoms with E-state index >= 15 is 0 Å². The van der Waals surface area contributed by atoms with Gasteiger partial charge >= 0.3 is 0 Å². The number of hydrogen-bond acceptors (Lipinski definition) is 1. The van der Waals surface area contributed by atoms with Gasteiger partial charge in [-0.3, -0.25) is 0 Å². The third-order valence-electron chi connectivity index (χ3n) is 3.58. The monoisotopic (exact) mass is 234 g/mol. The number of fused-ring (bicyclic) bond motifs is 3. The van der Waals surface area contributed by atoms with Gasteiger partial charge in [-0.05, 0) is 49.8 Å². The maximum atomic E-state index is 5.91. The molecule has 0 saturated heterocycles. The number of nitrogens with zero attached hydrogens (tertiary/aromatic N) is 2. The lowest BCUT2D eigenvalue weighted by atomic mass is 9.93. The molecule has 0 radical (unpaired) electrons. The molecule has 0 atom stereocenters. The average molecular weight is 235 g/mol. The average Bonchev–Trinajstić information content (AvgIpc) is 2.67. The SMILES string of the molecule is Cc1c(CCl)nc2c3c(ccn12)CCCC3. The molecule has 0 fully saturated rings. The van der Waals surface area contributed by atoms with Crippen molar-refractivity contribution in [2.75, 3.05) is 0 Å². The maximum Gasteiger partial charge on any atom is 0.140 e. The van der Waals surface area contributed by atoms with Crippen molar-refractivity contribution < 1.29 is 0 Å². The minimum Gasteiger partial charge on any atom is -0.304 e. The number of aromatic nitrogens is 2. The molecule has 0 spiro atoms. The van der Waals surface area contributed by atoms with Crippen LogP contribution in [-0.4, -0.2) is 9.38 Å². The van der Waals surface area contributed by atoms with Crippen molar-refractivity contribution in [3.63, 3.8) is 0 Å². The van der Waals surface area contributed by atoms with E-state index in [-0.39, 0.29) is 0 Å². The van der Waals surface area contributed by atoms with Crippen molar-refractivity contribution in [3.8, 4) is 0 Å². The second-order valence-electron chi connectivity index (χ2n) is 4.50. The quantitative estimate of drug-likeness (QED) is 0.693. The van der Waals surface area contributed by atoms with Crippen LogP contribution in [-0.2, 0) is 18.7 Å². The van der Waals surface area contributed by atoms with Gasteiger partial charge in [0.2, 0.25) is 0 Å². The highest BCUT2D eigenvalue weighted by Crippen LogP contribution is 2.26. The summed E-state index contributed by atoms with van der Waals surface area (Å²) in [5, 5.41) is 0. The molecule has 2 aromatic rings. The van der Waals surface area contributed by atoms with Crippen LogP contribution in [0.5, 0.6) is 0 Å². The van der Waals surface area contributed by atoms with Crippen LogP contribution in [0, 0.1) is 6.92 Å². The molecule has 0 amide bonds. The van der Waals surface area contributed by atoms with E-state index < -0.39 is 0 Å². The molecule has 0 unspecified atom stereocenters. The summed E-state index contributed by atoms with van der Waals surface area (Å²) in [6, 6.07) is 2.24. The zero-order chi connectivity index (χ0) is 11.1. The van der Waals surface area contributed by atoms with Gasteiger partial charge in [-0.25, -0.2) is 4.98 Å². The van der Waals surface area contributed by atoms with E-state index in [0.717, 1.165) is 17.8 Å². The normalized spacial score (nSPS) is 15.4. The molecule has 84 valence electrons. The summed E-state index contributed by atoms with van der Waals surface area (Å²) in [5.41, 5.74) is 6.24. The Morgan fingerprint density at radius 2 is 2.19 bits per heavy atom. The second kappa shape index (κ2) is 3.77. The van der Waals surface area contributed by atoms with Crippen molar-refractivity contribution in [1.29, 1.82) is 0 Å². The van der Waals surface area contributed by atoms with Gasteiger partial charge in [-0.15, -0.1) is 11.6 Å². The van der Waals surface area contributed by atoms with Crippen molar-refractivity contribution in [2.24, 2.45) is 0 Å². The van der Waals surface area contributed by atoms with Crippen LogP contribution in [0.4, 0.5) is 0 Å². The lowest BCUT2D eigenvalue weighted by Crippen LogP contribution is -2.05. The number of pyridine rings is 1. The highest BCUT2D eigenvalue weighted by atomic mass is 35.5. The highest BCUT2D eigenvalue weighted by Gasteiger charge is 2.16. The molecule has 2 nitrogen and oxygen atoms in total. The summed E-state index contributed by atoms with van der Waals surface area (Å²) in [5.74, 6) is 0.502. The molecule has 16 heavy (non-hydrogen) atoms. The fraction of sp³-hybridized carbons (Fsp3) is 0.462. The van der Waals surface area contributed by atoms with E-state index in [1.807, 2.05) is 0 Å². The Morgan fingerprint density at radius 3 is 3.00 bits per heavy atom. The van der Waals surface area contributed by atoms with E-state index in [2.05, 4.69) is 28.6 Å². The van der Waals surface area contributed by atoms with Gasteiger partial charge < -0.3 is 4.40 Å². The van der Waals surface area contributed by atoms with Crippen molar-refractivity contribution in [2.45, 2.75) is 38.5 Å². The molecule has 2 aromatic heterocycles. The Bertz CT molecular complexity index is 542. The Hall–Kier alpha value is -1.02. The first-order valence-corrected chi connectivity index (χ1v) is 6.39. The van der Waals surface area contributed by atoms with Crippen LogP contribution in [0.15, 0.2) is 12.3 Å². The van der Waals surface area contributed by atoms with Gasteiger partial charge in [0.25, 0.3) is 0 Å². The fourth-order valence-corrected chi connectivity index (χ4v) is 2.87. The Balaban J connectivity index is 2.31. The predicted molar refractivity (Wildman–Crippen MR) is 66.1 cm³/mol. The summed E-state index contributed by atoms with van der Waals surface area (Å²) < 4.78 is 2.18. The van der Waals surface area contributed by atoms with Crippen LogP contribution in [0.25, 0.3) is 5.65 Å². The lowest BCUT2D eigenvalue weighted by Gasteiger charge is -2.16. The summed E-state index contributed by atoms with van der Waals surface area (Å²) in [4.78, 5) is 4.68. The first kappa shape index (κ1) is 10.2. The van der Waals surface area contributed by atoms with Crippen LogP contribution in [0.2, 0.25) is 0 Å². The topological polar surface area (TPSA) is 17.3 Å². The Morgan fingerprint density at radius 1 is 1.38 bits per heavy atom. The van der Waals surface area contributed by atoms with E-state index in [1.165, 1.54) is 36.1 Å². The van der Waals surface area contributed by atoms with Crippen molar-refractivity contribution in [1.82, 2.24) is 9.38 Å². The molecule has 0 aromatic carbocycles. The largest absolute Gasteiger partial charge is 0.304 e. The molecule has 3 heteroatoms. The number of rotatable bonds is 1. The molecule has 3 rings (SSSR count). The fourth-order valence-electron chi connectivity index (χ4n) is 2.61. The summed E-state index contributed by atoms with van der Waals surface area (Å²) in [6.07, 6.45) is 7.10. The van der Waals surface area contributed by atoms with Gasteiger partial charge in [0, 0.05) is 11.9 Å². The number of aryl methyl sites for hydroxylation is 3. The van der Waals surface area contributed by atoms with Crippen LogP contribution < -0.4 is 0 Å². The lowest BCUT2D eigenvalue weighted by molar-refractivity contribution is 0.684. The summed E-state index contributed by atoms with van der Waals surface area (Å²) in [7, 11) is 0. The van der Waals surface area contributed by atoms with E-state index in [4.69, 9.17) is 11.6 Å². The van der Waals surface area contributed by atoms with Gasteiger partial charge in [0.15, 0.2) is 0 Å². The minimum absolute atomic E-state index is 0.502. The highest BCUT2D eigenvalue weighted by molar-refractivity contribution is 6.17. The van der Waals surface area contributed by atoms with Crippen molar-refractivity contribution >= 4 is 17.2 Å². The summed E-state index contributed by atoms with van der Waals surface area (Å²) >= 11 is 5.91. The molecule has 0 saturated carbocycles. The molecular weight excluding hydrogens is 220 g/mol. The third kappa shape index (κ3) is 1.36. The predicted octanol–water partition coefficient (Wildman–Crippen LogP) is 3.26. The standard InChI is InChI=1S/C13H15ClN2/c1-9-12(8-14)15-13-11-5-3-2-4-10(11)6-7-16(9)13/h6-7H,2-5,8H2,1H3. The second-order valence-corrected chi connectivity index (χ2v) is 4.77. The molecule has 0 aliphatic heterocycles. The van der Waals surface area contributed by atoms with Gasteiger partial charge in [0.05, 0.1) is 11.6 Å². The van der Waals surface area contributed by atoms with Crippen LogP contribution in [0.3, 0.4) is 0 Å². The van der Waals surface area contributed by atoms with Crippen LogP contribution >= 0.6 is 11.6 Å². The number of alkyl halides is 1. The smallest absolute Gasteiger partial charge is 0.140 e. The molecular formula is C13H15ClN2. The first-order chi connectivity index (χ1) is 7.81. The third-order valence-corrected chi connectivity index (χ3v) is 3.83. The van der Waals surface area contributed by atoms with E-state index in [9.17, 15) is 0 Å². The van der Waals surface area contributed by atoms with E-state index in [0.29, 0.717) is 5.88 Å². The minimum atomic E-state index is 0.502. The van der Waals surface area contributed by atoms with Gasteiger partial charge in [0.1, 0.15) is 5.65 Å². The Labute approximate surface area is 100 Å². The number of hydrogen-bond donors (Lipinski definition) is 0. The van der Waals surface area contributed by atoms with E-state index in [1.54, 1.807) is 0 Å².